The van der Waals surface area contributed by atoms with Gasteiger partial charge in [-0.05, 0) is 18.2 Å². The van der Waals surface area contributed by atoms with Gasteiger partial charge in [-0.25, -0.2) is 9.37 Å². The molecule has 0 N–H and O–H groups in total. The minimum atomic E-state index is -1.44. The number of carbonyl (C=O) groups excluding carboxylic acids is 1. The van der Waals surface area contributed by atoms with Crippen molar-refractivity contribution in [2.45, 2.75) is 0 Å². The van der Waals surface area contributed by atoms with E-state index in [4.69, 9.17) is 0 Å². The van der Waals surface area contributed by atoms with E-state index in [9.17, 15) is 14.3 Å². The lowest BCUT2D eigenvalue weighted by atomic mass is 10.1. The van der Waals surface area contributed by atoms with Crippen LogP contribution in [0.15, 0.2) is 30.6 Å². The Labute approximate surface area is 99.9 Å². The lowest BCUT2D eigenvalue weighted by Gasteiger charge is -2.08. The Morgan fingerprint density at radius 2 is 1.89 bits per heavy atom. The summed E-state index contributed by atoms with van der Waals surface area (Å²) in [6.07, 6.45) is 2.76. The van der Waals surface area contributed by atoms with Crippen LogP contribution in [0.1, 0.15) is 10.5 Å². The molecule has 0 fully saturated rings. The SMILES string of the molecule is O=C([O-])c1nc2ccc(F)cc2c2nccnc12. The molecule has 0 aliphatic rings. The molecule has 88 valence electrons. The summed E-state index contributed by atoms with van der Waals surface area (Å²) in [6, 6.07) is 3.85. The highest BCUT2D eigenvalue weighted by molar-refractivity contribution is 6.09. The highest BCUT2D eigenvalue weighted by atomic mass is 19.1. The highest BCUT2D eigenvalue weighted by Gasteiger charge is 2.11. The van der Waals surface area contributed by atoms with Crippen LogP contribution in [0, 0.1) is 5.82 Å². The van der Waals surface area contributed by atoms with Crippen LogP contribution in [0.3, 0.4) is 0 Å². The fourth-order valence-corrected chi connectivity index (χ4v) is 1.82. The molecule has 0 aliphatic heterocycles. The molecule has 1 aromatic carbocycles. The zero-order valence-electron chi connectivity index (χ0n) is 8.92. The Bertz CT molecular complexity index is 789. The summed E-state index contributed by atoms with van der Waals surface area (Å²) in [5.74, 6) is -1.89. The predicted molar refractivity (Wildman–Crippen MR) is 59.1 cm³/mol. The molecule has 0 atom stereocenters. The van der Waals surface area contributed by atoms with Crippen molar-refractivity contribution in [2.24, 2.45) is 0 Å². The largest absolute Gasteiger partial charge is 0.543 e. The number of carboxylic acid groups (broad SMARTS) is 1. The lowest BCUT2D eigenvalue weighted by Crippen LogP contribution is -2.24. The molecule has 5 nitrogen and oxygen atoms in total. The number of rotatable bonds is 1. The summed E-state index contributed by atoms with van der Waals surface area (Å²) in [7, 11) is 0. The highest BCUT2D eigenvalue weighted by Crippen LogP contribution is 2.23. The number of halogens is 1. The third-order valence-electron chi connectivity index (χ3n) is 2.56. The molecule has 0 amide bonds. The average Bonchev–Trinajstić information content (AvgIpc) is 2.37. The van der Waals surface area contributed by atoms with E-state index in [1.54, 1.807) is 0 Å². The second kappa shape index (κ2) is 3.69. The Morgan fingerprint density at radius 3 is 2.61 bits per heavy atom. The second-order valence-corrected chi connectivity index (χ2v) is 3.66. The van der Waals surface area contributed by atoms with Crippen molar-refractivity contribution in [3.05, 3.63) is 42.1 Å². The van der Waals surface area contributed by atoms with E-state index >= 15 is 0 Å². The van der Waals surface area contributed by atoms with Crippen LogP contribution in [-0.4, -0.2) is 20.9 Å². The van der Waals surface area contributed by atoms with E-state index in [-0.39, 0.29) is 11.2 Å². The smallest absolute Gasteiger partial charge is 0.124 e. The number of fused-ring (bicyclic) bond motifs is 3. The molecule has 2 heterocycles. The first-order valence-electron chi connectivity index (χ1n) is 5.08. The van der Waals surface area contributed by atoms with Crippen LogP contribution >= 0.6 is 0 Å². The molecule has 6 heteroatoms. The maximum absolute atomic E-state index is 13.2. The van der Waals surface area contributed by atoms with Crippen LogP contribution in [-0.2, 0) is 0 Å². The molecule has 0 bridgehead atoms. The third kappa shape index (κ3) is 1.46. The summed E-state index contributed by atoms with van der Waals surface area (Å²) in [5.41, 5.74) is 0.428. The number of carbonyl (C=O) groups is 1. The molecule has 3 aromatic rings. The predicted octanol–water partition coefficient (Wildman–Crippen LogP) is 0.681. The number of carboxylic acids is 1. The minimum Gasteiger partial charge on any atom is -0.543 e. The van der Waals surface area contributed by atoms with Gasteiger partial charge in [-0.3, -0.25) is 9.97 Å². The molecule has 2 aromatic heterocycles. The second-order valence-electron chi connectivity index (χ2n) is 3.66. The van der Waals surface area contributed by atoms with Gasteiger partial charge in [0.2, 0.25) is 0 Å². The molecular formula is C12H5FN3O2-. The van der Waals surface area contributed by atoms with Crippen LogP contribution < -0.4 is 5.11 Å². The monoisotopic (exact) mass is 242 g/mol. The van der Waals surface area contributed by atoms with Gasteiger partial charge in [0.05, 0.1) is 11.5 Å². The molecule has 0 saturated heterocycles. The van der Waals surface area contributed by atoms with Crippen LogP contribution in [0.25, 0.3) is 21.9 Å². The van der Waals surface area contributed by atoms with Gasteiger partial charge in [0.25, 0.3) is 0 Å². The Kier molecular flexibility index (Phi) is 2.16. The molecule has 0 aliphatic carbocycles. The average molecular weight is 242 g/mol. The first-order chi connectivity index (χ1) is 8.66. The summed E-state index contributed by atoms with van der Waals surface area (Å²) in [6.45, 7) is 0. The lowest BCUT2D eigenvalue weighted by molar-refractivity contribution is -0.255. The van der Waals surface area contributed by atoms with E-state index in [2.05, 4.69) is 15.0 Å². The fourth-order valence-electron chi connectivity index (χ4n) is 1.82. The molecule has 0 radical (unpaired) electrons. The zero-order chi connectivity index (χ0) is 12.7. The topological polar surface area (TPSA) is 78.8 Å². The number of hydrogen-bond donors (Lipinski definition) is 0. The summed E-state index contributed by atoms with van der Waals surface area (Å²) in [4.78, 5) is 22.9. The molecular weight excluding hydrogens is 237 g/mol. The van der Waals surface area contributed by atoms with E-state index < -0.39 is 11.8 Å². The number of pyridine rings is 1. The number of nitrogens with zero attached hydrogens (tertiary/aromatic N) is 3. The van der Waals surface area contributed by atoms with Crippen LogP contribution in [0.2, 0.25) is 0 Å². The van der Waals surface area contributed by atoms with Crippen molar-refractivity contribution in [1.82, 2.24) is 15.0 Å². The summed E-state index contributed by atoms with van der Waals surface area (Å²) in [5, 5.41) is 11.4. The quantitative estimate of drug-likeness (QED) is 0.586. The van der Waals surface area contributed by atoms with Crippen molar-refractivity contribution in [2.75, 3.05) is 0 Å². The minimum absolute atomic E-state index is 0.0931. The Balaban J connectivity index is 2.57. The first-order valence-corrected chi connectivity index (χ1v) is 5.08. The van der Waals surface area contributed by atoms with Crippen molar-refractivity contribution in [3.8, 4) is 0 Å². The van der Waals surface area contributed by atoms with E-state index in [1.807, 2.05) is 0 Å². The maximum Gasteiger partial charge on any atom is 0.124 e. The summed E-state index contributed by atoms with van der Waals surface area (Å²) < 4.78 is 13.2. The Hall–Kier alpha value is -2.63. The van der Waals surface area contributed by atoms with E-state index in [0.29, 0.717) is 16.4 Å². The number of benzene rings is 1. The van der Waals surface area contributed by atoms with Crippen LogP contribution in [0.5, 0.6) is 0 Å². The van der Waals surface area contributed by atoms with Gasteiger partial charge in [-0.2, -0.15) is 0 Å². The third-order valence-corrected chi connectivity index (χ3v) is 2.56. The molecule has 0 unspecified atom stereocenters. The maximum atomic E-state index is 13.2. The molecule has 3 rings (SSSR count). The Morgan fingerprint density at radius 1 is 1.17 bits per heavy atom. The fraction of sp³-hybridized carbons (Fsp3) is 0. The van der Waals surface area contributed by atoms with Gasteiger partial charge in [-0.1, -0.05) is 0 Å². The van der Waals surface area contributed by atoms with Crippen molar-refractivity contribution >= 4 is 27.9 Å². The molecule has 0 saturated carbocycles. The van der Waals surface area contributed by atoms with Crippen molar-refractivity contribution < 1.29 is 14.3 Å². The van der Waals surface area contributed by atoms with E-state index in [0.717, 1.165) is 0 Å². The standard InChI is InChI=1S/C12H6FN3O2/c13-6-1-2-8-7(5-6)9-10(15-4-3-14-9)11(16-8)12(17)18/h1-5H,(H,17,18)/p-1. The van der Waals surface area contributed by atoms with Gasteiger partial charge >= 0.3 is 0 Å². The van der Waals surface area contributed by atoms with Crippen molar-refractivity contribution in [3.63, 3.8) is 0 Å². The summed E-state index contributed by atoms with van der Waals surface area (Å²) >= 11 is 0. The van der Waals surface area contributed by atoms with Gasteiger partial charge in [-0.15, -0.1) is 0 Å². The van der Waals surface area contributed by atoms with Crippen molar-refractivity contribution in [1.29, 1.82) is 0 Å². The number of aromatic carboxylic acids is 1. The van der Waals surface area contributed by atoms with Gasteiger partial charge < -0.3 is 9.90 Å². The van der Waals surface area contributed by atoms with E-state index in [1.165, 1.54) is 30.6 Å². The van der Waals surface area contributed by atoms with Gasteiger partial charge in [0.1, 0.15) is 22.5 Å². The van der Waals surface area contributed by atoms with Crippen LogP contribution in [0.4, 0.5) is 4.39 Å². The number of aromatic nitrogens is 3. The van der Waals surface area contributed by atoms with Gasteiger partial charge in [0.15, 0.2) is 0 Å². The van der Waals surface area contributed by atoms with Gasteiger partial charge in [0, 0.05) is 17.8 Å². The normalized spacial score (nSPS) is 10.9. The zero-order valence-corrected chi connectivity index (χ0v) is 8.92. The first kappa shape index (κ1) is 10.5. The number of hydrogen-bond acceptors (Lipinski definition) is 5. The molecule has 18 heavy (non-hydrogen) atoms. The molecule has 0 spiro atoms.